The van der Waals surface area contributed by atoms with Crippen molar-refractivity contribution in [2.75, 3.05) is 40.4 Å². The molecule has 0 unspecified atom stereocenters. The normalized spacial score (nSPS) is 25.9. The van der Waals surface area contributed by atoms with Gasteiger partial charge in [0.2, 0.25) is 0 Å². The molecule has 0 radical (unpaired) electrons. The van der Waals surface area contributed by atoms with Crippen LogP contribution in [0.3, 0.4) is 0 Å². The lowest BCUT2D eigenvalue weighted by molar-refractivity contribution is -0.172. The number of aromatic nitrogens is 1. The van der Waals surface area contributed by atoms with Crippen molar-refractivity contribution in [1.82, 2.24) is 14.8 Å². The number of carbonyl (C=O) groups excluding carboxylic acids is 1. The summed E-state index contributed by atoms with van der Waals surface area (Å²) in [4.78, 5) is 21.9. The van der Waals surface area contributed by atoms with Crippen LogP contribution in [0.25, 0.3) is 0 Å². The van der Waals surface area contributed by atoms with Crippen LogP contribution >= 0.6 is 0 Å². The summed E-state index contributed by atoms with van der Waals surface area (Å²) in [7, 11) is 3.69. The zero-order chi connectivity index (χ0) is 18.9. The average molecular weight is 367 g/mol. The van der Waals surface area contributed by atoms with Crippen LogP contribution in [-0.4, -0.2) is 66.7 Å². The molecule has 2 saturated heterocycles. The lowest BCUT2D eigenvalue weighted by Crippen LogP contribution is -2.59. The van der Waals surface area contributed by atoms with Gasteiger partial charge in [-0.15, -0.1) is 0 Å². The standard InChI is InChI=1S/C21H25N3O3/c1-23-14-19(17-4-3-9-22-12-17)21(15-23)20(25)24(10-11-27-21)13-16-5-7-18(26-2)8-6-16/h3-9,12,19H,10-11,13-15H2,1-2H3/t19-,21-/m1/s1. The maximum Gasteiger partial charge on any atom is 0.257 e. The number of amides is 1. The van der Waals surface area contributed by atoms with Crippen molar-refractivity contribution >= 4 is 5.91 Å². The molecular formula is C21H25N3O3. The Kier molecular flexibility index (Phi) is 4.85. The van der Waals surface area contributed by atoms with Gasteiger partial charge < -0.3 is 19.3 Å². The zero-order valence-corrected chi connectivity index (χ0v) is 15.8. The number of likely N-dealkylation sites (N-methyl/N-ethyl adjacent to an activating group) is 1. The monoisotopic (exact) mass is 367 g/mol. The van der Waals surface area contributed by atoms with E-state index in [0.717, 1.165) is 23.4 Å². The summed E-state index contributed by atoms with van der Waals surface area (Å²) in [5.74, 6) is 0.878. The number of nitrogens with zero attached hydrogens (tertiary/aromatic N) is 3. The van der Waals surface area contributed by atoms with Gasteiger partial charge in [0.15, 0.2) is 5.60 Å². The predicted molar refractivity (Wildman–Crippen MR) is 102 cm³/mol. The predicted octanol–water partition coefficient (Wildman–Crippen LogP) is 1.92. The number of morpholine rings is 1. The van der Waals surface area contributed by atoms with Gasteiger partial charge in [0.1, 0.15) is 5.75 Å². The molecule has 4 rings (SSSR count). The minimum absolute atomic E-state index is 0.0117. The molecule has 3 heterocycles. The minimum Gasteiger partial charge on any atom is -0.497 e. The molecule has 6 heteroatoms. The number of ether oxygens (including phenoxy) is 2. The number of hydrogen-bond acceptors (Lipinski definition) is 5. The Labute approximate surface area is 159 Å². The highest BCUT2D eigenvalue weighted by Crippen LogP contribution is 2.41. The van der Waals surface area contributed by atoms with Gasteiger partial charge in [-0.1, -0.05) is 18.2 Å². The van der Waals surface area contributed by atoms with Crippen LogP contribution in [0.15, 0.2) is 48.8 Å². The fraction of sp³-hybridized carbons (Fsp3) is 0.429. The number of hydrogen-bond donors (Lipinski definition) is 0. The fourth-order valence-corrected chi connectivity index (χ4v) is 4.23. The quantitative estimate of drug-likeness (QED) is 0.826. The first kappa shape index (κ1) is 17.9. The largest absolute Gasteiger partial charge is 0.497 e. The van der Waals surface area contributed by atoms with E-state index in [1.807, 2.05) is 54.5 Å². The maximum atomic E-state index is 13.5. The van der Waals surface area contributed by atoms with Crippen molar-refractivity contribution in [3.8, 4) is 5.75 Å². The first-order valence-corrected chi connectivity index (χ1v) is 9.27. The maximum absolute atomic E-state index is 13.5. The Morgan fingerprint density at radius 1 is 1.30 bits per heavy atom. The molecule has 1 amide bonds. The van der Waals surface area contributed by atoms with Crippen molar-refractivity contribution in [3.05, 3.63) is 59.9 Å². The van der Waals surface area contributed by atoms with Crippen molar-refractivity contribution in [2.24, 2.45) is 0 Å². The molecule has 27 heavy (non-hydrogen) atoms. The Balaban J connectivity index is 1.59. The molecule has 2 aliphatic heterocycles. The van der Waals surface area contributed by atoms with E-state index in [1.165, 1.54) is 0 Å². The molecule has 6 nitrogen and oxygen atoms in total. The Morgan fingerprint density at radius 2 is 2.11 bits per heavy atom. The summed E-state index contributed by atoms with van der Waals surface area (Å²) in [6.07, 6.45) is 3.61. The summed E-state index contributed by atoms with van der Waals surface area (Å²) < 4.78 is 11.4. The first-order valence-electron chi connectivity index (χ1n) is 9.27. The third-order valence-corrected chi connectivity index (χ3v) is 5.55. The molecule has 142 valence electrons. The van der Waals surface area contributed by atoms with Crippen LogP contribution in [0, 0.1) is 0 Å². The van der Waals surface area contributed by atoms with Gasteiger partial charge in [-0.3, -0.25) is 9.78 Å². The van der Waals surface area contributed by atoms with Crippen LogP contribution in [0.1, 0.15) is 17.0 Å². The van der Waals surface area contributed by atoms with Gasteiger partial charge in [-0.2, -0.15) is 0 Å². The molecule has 1 spiro atoms. The molecular weight excluding hydrogens is 342 g/mol. The fourth-order valence-electron chi connectivity index (χ4n) is 4.23. The van der Waals surface area contributed by atoms with Gasteiger partial charge in [-0.25, -0.2) is 0 Å². The smallest absolute Gasteiger partial charge is 0.257 e. The number of carbonyl (C=O) groups is 1. The number of rotatable bonds is 4. The highest BCUT2D eigenvalue weighted by atomic mass is 16.5. The van der Waals surface area contributed by atoms with Crippen molar-refractivity contribution < 1.29 is 14.3 Å². The number of pyridine rings is 1. The molecule has 0 N–H and O–H groups in total. The van der Waals surface area contributed by atoms with Crippen LogP contribution in [0.4, 0.5) is 0 Å². The van der Waals surface area contributed by atoms with Gasteiger partial charge in [0, 0.05) is 44.5 Å². The van der Waals surface area contributed by atoms with Crippen molar-refractivity contribution in [3.63, 3.8) is 0 Å². The first-order chi connectivity index (χ1) is 13.1. The Morgan fingerprint density at radius 3 is 2.81 bits per heavy atom. The molecule has 2 fully saturated rings. The van der Waals surface area contributed by atoms with E-state index in [-0.39, 0.29) is 11.8 Å². The summed E-state index contributed by atoms with van der Waals surface area (Å²) in [6, 6.07) is 11.8. The second-order valence-electron chi connectivity index (χ2n) is 7.35. The van der Waals surface area contributed by atoms with Gasteiger partial charge in [-0.05, 0) is 36.4 Å². The summed E-state index contributed by atoms with van der Waals surface area (Å²) >= 11 is 0. The number of methoxy groups -OCH3 is 1. The van der Waals surface area contributed by atoms with E-state index in [2.05, 4.69) is 9.88 Å². The van der Waals surface area contributed by atoms with Crippen molar-refractivity contribution in [2.45, 2.75) is 18.1 Å². The molecule has 1 aromatic heterocycles. The van der Waals surface area contributed by atoms with E-state index < -0.39 is 5.60 Å². The van der Waals surface area contributed by atoms with Gasteiger partial charge in [0.05, 0.1) is 13.7 Å². The lowest BCUT2D eigenvalue weighted by atomic mass is 9.83. The SMILES string of the molecule is COc1ccc(CN2CCO[C@@]3(CN(C)C[C@@H]3c3cccnc3)C2=O)cc1. The van der Waals surface area contributed by atoms with Crippen molar-refractivity contribution in [1.29, 1.82) is 0 Å². The van der Waals surface area contributed by atoms with Crippen LogP contribution in [0.5, 0.6) is 5.75 Å². The summed E-state index contributed by atoms with van der Waals surface area (Å²) in [5.41, 5.74) is 1.31. The van der Waals surface area contributed by atoms with E-state index in [0.29, 0.717) is 26.2 Å². The molecule has 2 aliphatic rings. The van der Waals surface area contributed by atoms with Gasteiger partial charge in [0.25, 0.3) is 5.91 Å². The molecule has 0 saturated carbocycles. The average Bonchev–Trinajstić information content (AvgIpc) is 3.04. The number of benzene rings is 1. The molecule has 2 aromatic rings. The topological polar surface area (TPSA) is 54.9 Å². The minimum atomic E-state index is -0.831. The molecule has 0 aliphatic carbocycles. The number of likely N-dealkylation sites (tertiary alicyclic amines) is 1. The zero-order valence-electron chi connectivity index (χ0n) is 15.8. The summed E-state index contributed by atoms with van der Waals surface area (Å²) in [5, 5.41) is 0. The second-order valence-corrected chi connectivity index (χ2v) is 7.35. The highest BCUT2D eigenvalue weighted by Gasteiger charge is 2.56. The third kappa shape index (κ3) is 3.31. The van der Waals surface area contributed by atoms with Crippen LogP contribution in [0.2, 0.25) is 0 Å². The van der Waals surface area contributed by atoms with Crippen LogP contribution < -0.4 is 4.74 Å². The Hall–Kier alpha value is -2.44. The highest BCUT2D eigenvalue weighted by molar-refractivity contribution is 5.88. The van der Waals surface area contributed by atoms with E-state index >= 15 is 0 Å². The molecule has 2 atom stereocenters. The van der Waals surface area contributed by atoms with Gasteiger partial charge >= 0.3 is 0 Å². The van der Waals surface area contributed by atoms with E-state index in [4.69, 9.17) is 9.47 Å². The van der Waals surface area contributed by atoms with Crippen LogP contribution in [-0.2, 0) is 16.1 Å². The molecule has 1 aromatic carbocycles. The van der Waals surface area contributed by atoms with E-state index in [9.17, 15) is 4.79 Å². The Bertz CT molecular complexity index is 796. The third-order valence-electron chi connectivity index (χ3n) is 5.55. The summed E-state index contributed by atoms with van der Waals surface area (Å²) in [6.45, 7) is 3.12. The van der Waals surface area contributed by atoms with E-state index in [1.54, 1.807) is 13.3 Å². The lowest BCUT2D eigenvalue weighted by Gasteiger charge is -2.42. The second kappa shape index (κ2) is 7.29. The molecule has 0 bridgehead atoms.